The van der Waals surface area contributed by atoms with Crippen LogP contribution in [-0.4, -0.2) is 12.1 Å². The van der Waals surface area contributed by atoms with E-state index in [1.807, 2.05) is 13.7 Å². The van der Waals surface area contributed by atoms with Crippen LogP contribution in [0.5, 0.6) is 0 Å². The van der Waals surface area contributed by atoms with E-state index in [9.17, 15) is 0 Å². The zero-order chi connectivity index (χ0) is 10.3. The Hall–Kier alpha value is -0.0800. The molecule has 4 fully saturated rings. The molecule has 0 aliphatic heterocycles. The van der Waals surface area contributed by atoms with E-state index in [0.29, 0.717) is 5.54 Å². The molecular weight excluding hydrogens is 186 g/mol. The van der Waals surface area contributed by atoms with Crippen LogP contribution in [0.15, 0.2) is 0 Å². The Morgan fingerprint density at radius 2 is 1.67 bits per heavy atom. The first-order valence-corrected chi connectivity index (χ1v) is 6.51. The molecule has 4 aliphatic carbocycles. The zero-order valence-electron chi connectivity index (χ0n) is 9.67. The first kappa shape index (κ1) is 10.1. The third kappa shape index (κ3) is 1.83. The molecule has 0 saturated heterocycles. The fraction of sp³-hybridized carbons (Fsp3) is 0.923. The molecule has 4 saturated carbocycles. The van der Waals surface area contributed by atoms with Crippen molar-refractivity contribution >= 4 is 0 Å². The van der Waals surface area contributed by atoms with Crippen LogP contribution in [0.4, 0.5) is 0 Å². The van der Waals surface area contributed by atoms with E-state index in [4.69, 9.17) is 4.74 Å². The van der Waals surface area contributed by atoms with E-state index >= 15 is 0 Å². The molecule has 1 radical (unpaired) electrons. The van der Waals surface area contributed by atoms with Crippen LogP contribution in [0.2, 0.25) is 0 Å². The van der Waals surface area contributed by atoms with Gasteiger partial charge in [-0.15, -0.1) is 0 Å². The van der Waals surface area contributed by atoms with Gasteiger partial charge in [0.2, 0.25) is 0 Å². The Kier molecular flexibility index (Phi) is 2.52. The van der Waals surface area contributed by atoms with Crippen molar-refractivity contribution in [3.63, 3.8) is 0 Å². The average molecular weight is 208 g/mol. The molecule has 85 valence electrons. The van der Waals surface area contributed by atoms with Crippen molar-refractivity contribution in [3.8, 4) is 0 Å². The Morgan fingerprint density at radius 1 is 1.13 bits per heavy atom. The van der Waals surface area contributed by atoms with Gasteiger partial charge in [-0.25, -0.2) is 0 Å². The van der Waals surface area contributed by atoms with E-state index in [1.165, 1.54) is 38.5 Å². The van der Waals surface area contributed by atoms with Crippen molar-refractivity contribution in [1.29, 1.82) is 0 Å². The molecule has 4 rings (SSSR count). The number of ether oxygens (including phenoxy) is 1. The van der Waals surface area contributed by atoms with Crippen LogP contribution in [0.25, 0.3) is 0 Å². The van der Waals surface area contributed by atoms with Crippen molar-refractivity contribution in [3.05, 3.63) is 6.73 Å². The van der Waals surface area contributed by atoms with Crippen molar-refractivity contribution in [1.82, 2.24) is 5.32 Å². The van der Waals surface area contributed by atoms with Gasteiger partial charge in [-0.3, -0.25) is 5.32 Å². The normalized spacial score (nSPS) is 47.4. The van der Waals surface area contributed by atoms with Crippen LogP contribution in [0, 0.1) is 24.5 Å². The van der Waals surface area contributed by atoms with Crippen LogP contribution >= 0.6 is 0 Å². The summed E-state index contributed by atoms with van der Waals surface area (Å²) in [6.07, 6.45) is 8.70. The molecule has 2 nitrogen and oxygen atoms in total. The molecule has 2 heteroatoms. The molecule has 0 heterocycles. The van der Waals surface area contributed by atoms with Crippen LogP contribution in [0.3, 0.4) is 0 Å². The highest BCUT2D eigenvalue weighted by molar-refractivity contribution is 5.06. The molecule has 0 spiro atoms. The zero-order valence-corrected chi connectivity index (χ0v) is 9.67. The Bertz CT molecular complexity index is 203. The van der Waals surface area contributed by atoms with Gasteiger partial charge in [-0.05, 0) is 63.2 Å². The van der Waals surface area contributed by atoms with Gasteiger partial charge in [0.1, 0.15) is 6.73 Å². The summed E-state index contributed by atoms with van der Waals surface area (Å²) < 4.78 is 5.34. The summed E-state index contributed by atoms with van der Waals surface area (Å²) in [6.45, 7) is 4.67. The molecule has 15 heavy (non-hydrogen) atoms. The van der Waals surface area contributed by atoms with Gasteiger partial charge in [0, 0.05) is 12.1 Å². The van der Waals surface area contributed by atoms with Gasteiger partial charge >= 0.3 is 0 Å². The highest BCUT2D eigenvalue weighted by atomic mass is 16.5. The van der Waals surface area contributed by atoms with E-state index in [0.717, 1.165) is 24.4 Å². The number of nitrogens with one attached hydrogen (secondary N) is 1. The summed E-state index contributed by atoms with van der Waals surface area (Å²) in [5, 5.41) is 3.58. The van der Waals surface area contributed by atoms with Crippen molar-refractivity contribution in [2.24, 2.45) is 17.8 Å². The fourth-order valence-corrected chi connectivity index (χ4v) is 4.54. The van der Waals surface area contributed by atoms with Crippen molar-refractivity contribution in [2.75, 3.05) is 6.61 Å². The van der Waals surface area contributed by atoms with E-state index in [-0.39, 0.29) is 0 Å². The fourth-order valence-electron chi connectivity index (χ4n) is 4.54. The molecule has 0 aromatic carbocycles. The predicted molar refractivity (Wildman–Crippen MR) is 60.0 cm³/mol. The predicted octanol–water partition coefficient (Wildman–Crippen LogP) is 2.70. The summed E-state index contributed by atoms with van der Waals surface area (Å²) >= 11 is 0. The molecule has 0 amide bonds. The summed E-state index contributed by atoms with van der Waals surface area (Å²) in [6, 6.07) is 0. The highest BCUT2D eigenvalue weighted by Gasteiger charge is 2.50. The summed E-state index contributed by atoms with van der Waals surface area (Å²) in [4.78, 5) is 0. The van der Waals surface area contributed by atoms with E-state index in [1.54, 1.807) is 0 Å². The van der Waals surface area contributed by atoms with Gasteiger partial charge in [0.15, 0.2) is 0 Å². The van der Waals surface area contributed by atoms with E-state index in [2.05, 4.69) is 5.32 Å². The lowest BCUT2D eigenvalue weighted by Gasteiger charge is -2.57. The van der Waals surface area contributed by atoms with Crippen molar-refractivity contribution in [2.45, 2.75) is 51.0 Å². The third-order valence-electron chi connectivity index (χ3n) is 4.65. The summed E-state index contributed by atoms with van der Waals surface area (Å²) in [5.41, 5.74) is 0.421. The second-order valence-corrected chi connectivity index (χ2v) is 5.92. The lowest BCUT2D eigenvalue weighted by Crippen LogP contribution is -2.57. The smallest absolute Gasteiger partial charge is 0.148 e. The number of hydrogen-bond donors (Lipinski definition) is 1. The van der Waals surface area contributed by atoms with E-state index < -0.39 is 0 Å². The lowest BCUT2D eigenvalue weighted by molar-refractivity contribution is -0.0255. The second kappa shape index (κ2) is 3.74. The summed E-state index contributed by atoms with van der Waals surface area (Å²) in [7, 11) is 0. The highest BCUT2D eigenvalue weighted by Crippen LogP contribution is 2.55. The SMILES string of the molecule is CCO[CH]NC12CC3CC(CC(C3)C1)C2. The summed E-state index contributed by atoms with van der Waals surface area (Å²) in [5.74, 6) is 3.04. The Morgan fingerprint density at radius 3 is 2.13 bits per heavy atom. The maximum Gasteiger partial charge on any atom is 0.148 e. The quantitative estimate of drug-likeness (QED) is 0.717. The standard InChI is InChI=1S/C13H22NO/c1-2-15-9-14-13-6-10-3-11(7-13)5-12(4-10)8-13/h9-12,14H,2-8H2,1H3. The first-order chi connectivity index (χ1) is 7.30. The van der Waals surface area contributed by atoms with Gasteiger partial charge in [0.25, 0.3) is 0 Å². The minimum atomic E-state index is 0.421. The third-order valence-corrected chi connectivity index (χ3v) is 4.65. The Balaban J connectivity index is 1.65. The van der Waals surface area contributed by atoms with Crippen LogP contribution < -0.4 is 5.32 Å². The van der Waals surface area contributed by atoms with Gasteiger partial charge < -0.3 is 4.74 Å². The largest absolute Gasteiger partial charge is 0.359 e. The maximum atomic E-state index is 5.34. The van der Waals surface area contributed by atoms with Crippen LogP contribution in [0.1, 0.15) is 45.4 Å². The monoisotopic (exact) mass is 208 g/mol. The first-order valence-electron chi connectivity index (χ1n) is 6.51. The minimum absolute atomic E-state index is 0.421. The van der Waals surface area contributed by atoms with Gasteiger partial charge in [0.05, 0.1) is 0 Å². The molecule has 4 bridgehead atoms. The van der Waals surface area contributed by atoms with Crippen LogP contribution in [-0.2, 0) is 4.74 Å². The topological polar surface area (TPSA) is 21.3 Å². The molecule has 0 aromatic rings. The molecule has 0 unspecified atom stereocenters. The maximum absolute atomic E-state index is 5.34. The van der Waals surface area contributed by atoms with Crippen molar-refractivity contribution < 1.29 is 4.74 Å². The average Bonchev–Trinajstić information content (AvgIpc) is 2.15. The molecule has 4 aliphatic rings. The molecule has 1 N–H and O–H groups in total. The van der Waals surface area contributed by atoms with Gasteiger partial charge in [-0.1, -0.05) is 0 Å². The second-order valence-electron chi connectivity index (χ2n) is 5.92. The number of rotatable bonds is 4. The Labute approximate surface area is 92.8 Å². The molecule has 0 atom stereocenters. The van der Waals surface area contributed by atoms with Gasteiger partial charge in [-0.2, -0.15) is 0 Å². The number of hydrogen-bond acceptors (Lipinski definition) is 2. The molecular formula is C13H22NO. The lowest BCUT2D eigenvalue weighted by atomic mass is 9.53. The minimum Gasteiger partial charge on any atom is -0.359 e. The molecule has 0 aromatic heterocycles.